The SMILES string of the molecule is COc1cccc(OCc2nnc(SCc3nc(CC(C)C)no3)n2N)c1. The van der Waals surface area contributed by atoms with E-state index >= 15 is 0 Å². The van der Waals surface area contributed by atoms with Crippen LogP contribution in [0.1, 0.15) is 31.4 Å². The van der Waals surface area contributed by atoms with Gasteiger partial charge in [0.05, 0.1) is 12.9 Å². The number of nitrogens with zero attached hydrogens (tertiary/aromatic N) is 5. The van der Waals surface area contributed by atoms with Gasteiger partial charge < -0.3 is 19.8 Å². The Labute approximate surface area is 161 Å². The summed E-state index contributed by atoms with van der Waals surface area (Å²) in [6.45, 7) is 4.41. The number of nitrogen functional groups attached to an aromatic ring is 1. The highest BCUT2D eigenvalue weighted by Crippen LogP contribution is 2.22. The molecule has 144 valence electrons. The third kappa shape index (κ3) is 5.13. The molecule has 1 aromatic carbocycles. The van der Waals surface area contributed by atoms with Crippen LogP contribution >= 0.6 is 11.8 Å². The summed E-state index contributed by atoms with van der Waals surface area (Å²) in [4.78, 5) is 4.36. The summed E-state index contributed by atoms with van der Waals surface area (Å²) in [6, 6.07) is 7.31. The summed E-state index contributed by atoms with van der Waals surface area (Å²) in [5.41, 5.74) is 0. The molecule has 10 heteroatoms. The van der Waals surface area contributed by atoms with Gasteiger partial charge in [0.15, 0.2) is 11.6 Å². The smallest absolute Gasteiger partial charge is 0.237 e. The summed E-state index contributed by atoms with van der Waals surface area (Å²) in [7, 11) is 1.61. The molecule has 2 heterocycles. The van der Waals surface area contributed by atoms with Crippen LogP contribution in [0.15, 0.2) is 33.9 Å². The van der Waals surface area contributed by atoms with E-state index in [-0.39, 0.29) is 6.61 Å². The van der Waals surface area contributed by atoms with E-state index in [0.29, 0.717) is 45.9 Å². The molecule has 0 aliphatic heterocycles. The summed E-state index contributed by atoms with van der Waals surface area (Å²) in [6.07, 6.45) is 0.785. The molecule has 3 aromatic rings. The minimum absolute atomic E-state index is 0.191. The van der Waals surface area contributed by atoms with Gasteiger partial charge in [-0.3, -0.25) is 0 Å². The summed E-state index contributed by atoms with van der Waals surface area (Å²) in [5.74, 6) is 10.1. The first-order valence-corrected chi connectivity index (χ1v) is 9.44. The minimum Gasteiger partial charge on any atom is -0.497 e. The van der Waals surface area contributed by atoms with Crippen molar-refractivity contribution >= 4 is 11.8 Å². The Morgan fingerprint density at radius 1 is 1.26 bits per heavy atom. The van der Waals surface area contributed by atoms with Gasteiger partial charge in [0.1, 0.15) is 18.1 Å². The van der Waals surface area contributed by atoms with E-state index in [1.165, 1.54) is 16.4 Å². The summed E-state index contributed by atoms with van der Waals surface area (Å²) >= 11 is 1.37. The fourth-order valence-electron chi connectivity index (χ4n) is 2.27. The molecule has 0 atom stereocenters. The van der Waals surface area contributed by atoms with Gasteiger partial charge in [-0.2, -0.15) is 4.98 Å². The Morgan fingerprint density at radius 3 is 2.85 bits per heavy atom. The average molecular weight is 390 g/mol. The van der Waals surface area contributed by atoms with Gasteiger partial charge in [0, 0.05) is 12.5 Å². The van der Waals surface area contributed by atoms with Crippen LogP contribution in [0.2, 0.25) is 0 Å². The maximum atomic E-state index is 6.06. The van der Waals surface area contributed by atoms with Crippen molar-refractivity contribution in [3.63, 3.8) is 0 Å². The Hall–Kier alpha value is -2.75. The zero-order valence-electron chi connectivity index (χ0n) is 15.5. The van der Waals surface area contributed by atoms with E-state index in [4.69, 9.17) is 19.8 Å². The molecule has 0 aliphatic carbocycles. The van der Waals surface area contributed by atoms with Crippen molar-refractivity contribution in [3.05, 3.63) is 41.8 Å². The predicted octanol–water partition coefficient (Wildman–Crippen LogP) is 2.45. The number of rotatable bonds is 9. The lowest BCUT2D eigenvalue weighted by molar-refractivity contribution is 0.289. The number of aromatic nitrogens is 5. The number of nitrogens with two attached hydrogens (primary N) is 1. The van der Waals surface area contributed by atoms with Gasteiger partial charge in [0.25, 0.3) is 0 Å². The molecule has 27 heavy (non-hydrogen) atoms. The molecule has 0 bridgehead atoms. The lowest BCUT2D eigenvalue weighted by atomic mass is 10.1. The fraction of sp³-hybridized carbons (Fsp3) is 0.412. The van der Waals surface area contributed by atoms with Crippen molar-refractivity contribution in [2.24, 2.45) is 5.92 Å². The Kier molecular flexibility index (Phi) is 6.17. The molecule has 0 unspecified atom stereocenters. The molecule has 0 saturated carbocycles. The highest BCUT2D eigenvalue weighted by molar-refractivity contribution is 7.98. The monoisotopic (exact) mass is 390 g/mol. The lowest BCUT2D eigenvalue weighted by Gasteiger charge is -2.07. The van der Waals surface area contributed by atoms with Crippen molar-refractivity contribution in [1.82, 2.24) is 25.0 Å². The first-order valence-electron chi connectivity index (χ1n) is 8.45. The first-order chi connectivity index (χ1) is 13.0. The van der Waals surface area contributed by atoms with Crippen LogP contribution < -0.4 is 15.3 Å². The van der Waals surface area contributed by atoms with Gasteiger partial charge in [-0.05, 0) is 18.1 Å². The number of benzene rings is 1. The van der Waals surface area contributed by atoms with Crippen molar-refractivity contribution in [2.45, 2.75) is 37.8 Å². The van der Waals surface area contributed by atoms with E-state index in [1.807, 2.05) is 18.2 Å². The van der Waals surface area contributed by atoms with Crippen LogP contribution in [-0.2, 0) is 18.8 Å². The van der Waals surface area contributed by atoms with Crippen molar-refractivity contribution in [1.29, 1.82) is 0 Å². The van der Waals surface area contributed by atoms with Crippen molar-refractivity contribution in [2.75, 3.05) is 13.0 Å². The third-order valence-electron chi connectivity index (χ3n) is 3.57. The molecule has 0 radical (unpaired) electrons. The molecule has 0 amide bonds. The molecule has 3 rings (SSSR count). The second-order valence-electron chi connectivity index (χ2n) is 6.23. The Balaban J connectivity index is 1.55. The zero-order chi connectivity index (χ0) is 19.2. The third-order valence-corrected chi connectivity index (χ3v) is 4.50. The van der Waals surface area contributed by atoms with Crippen molar-refractivity contribution < 1.29 is 14.0 Å². The number of ether oxygens (including phenoxy) is 2. The van der Waals surface area contributed by atoms with E-state index in [9.17, 15) is 0 Å². The Morgan fingerprint density at radius 2 is 2.07 bits per heavy atom. The van der Waals surface area contributed by atoms with E-state index in [0.717, 1.165) is 6.42 Å². The van der Waals surface area contributed by atoms with Gasteiger partial charge in [0.2, 0.25) is 11.0 Å². The largest absolute Gasteiger partial charge is 0.497 e. The molecule has 2 aromatic heterocycles. The van der Waals surface area contributed by atoms with Crippen LogP contribution in [-0.4, -0.2) is 32.1 Å². The molecule has 0 aliphatic rings. The summed E-state index contributed by atoms with van der Waals surface area (Å²) < 4.78 is 17.5. The van der Waals surface area contributed by atoms with Crippen LogP contribution in [0.3, 0.4) is 0 Å². The maximum Gasteiger partial charge on any atom is 0.237 e. The quantitative estimate of drug-likeness (QED) is 0.434. The van der Waals surface area contributed by atoms with Crippen LogP contribution in [0.4, 0.5) is 0 Å². The van der Waals surface area contributed by atoms with Gasteiger partial charge >= 0.3 is 0 Å². The highest BCUT2D eigenvalue weighted by Gasteiger charge is 2.14. The first kappa shape index (κ1) is 19.0. The highest BCUT2D eigenvalue weighted by atomic mass is 32.2. The van der Waals surface area contributed by atoms with Gasteiger partial charge in [-0.1, -0.05) is 36.8 Å². The molecular weight excluding hydrogens is 368 g/mol. The van der Waals surface area contributed by atoms with E-state index < -0.39 is 0 Å². The fourth-order valence-corrected chi connectivity index (χ4v) is 2.98. The van der Waals surface area contributed by atoms with E-state index in [2.05, 4.69) is 34.2 Å². The molecular formula is C17H22N6O3S. The Bertz CT molecular complexity index is 879. The topological polar surface area (TPSA) is 114 Å². The zero-order valence-corrected chi connectivity index (χ0v) is 16.3. The standard InChI is InChI=1S/C17H22N6O3S/c1-11(2)7-14-19-16(26-22-14)10-27-17-21-20-15(23(17)18)9-25-13-6-4-5-12(8-13)24-3/h4-6,8,11H,7,9-10,18H2,1-3H3. The maximum absolute atomic E-state index is 6.06. The van der Waals surface area contributed by atoms with E-state index in [1.54, 1.807) is 13.2 Å². The molecule has 0 saturated heterocycles. The minimum atomic E-state index is 0.191. The predicted molar refractivity (Wildman–Crippen MR) is 99.9 cm³/mol. The molecule has 0 spiro atoms. The number of methoxy groups -OCH3 is 1. The van der Waals surface area contributed by atoms with Gasteiger partial charge in [-0.15, -0.1) is 10.2 Å². The number of thioether (sulfide) groups is 1. The second-order valence-corrected chi connectivity index (χ2v) is 7.17. The number of hydrogen-bond donors (Lipinski definition) is 1. The molecule has 9 nitrogen and oxygen atoms in total. The summed E-state index contributed by atoms with van der Waals surface area (Å²) in [5, 5.41) is 12.7. The number of hydrogen-bond acceptors (Lipinski definition) is 9. The normalized spacial score (nSPS) is 11.1. The lowest BCUT2D eigenvalue weighted by Crippen LogP contribution is -2.15. The molecule has 0 fully saturated rings. The average Bonchev–Trinajstić information content (AvgIpc) is 3.24. The van der Waals surface area contributed by atoms with Crippen LogP contribution in [0.5, 0.6) is 11.5 Å². The molecule has 2 N–H and O–H groups in total. The second kappa shape index (κ2) is 8.76. The van der Waals surface area contributed by atoms with Crippen molar-refractivity contribution in [3.8, 4) is 11.5 Å². The van der Waals surface area contributed by atoms with Crippen LogP contribution in [0.25, 0.3) is 0 Å². The van der Waals surface area contributed by atoms with Gasteiger partial charge in [-0.25, -0.2) is 4.68 Å². The van der Waals surface area contributed by atoms with Crippen LogP contribution in [0, 0.1) is 5.92 Å².